The highest BCUT2D eigenvalue weighted by Crippen LogP contribution is 2.19. The molecule has 31 heavy (non-hydrogen) atoms. The van der Waals surface area contributed by atoms with Crippen molar-refractivity contribution in [3.8, 4) is 11.4 Å². The van der Waals surface area contributed by atoms with Gasteiger partial charge in [-0.05, 0) is 36.8 Å². The molecule has 0 atom stereocenters. The van der Waals surface area contributed by atoms with Crippen LogP contribution in [0.2, 0.25) is 0 Å². The fourth-order valence-corrected chi connectivity index (χ4v) is 3.53. The Morgan fingerprint density at radius 1 is 1.16 bits per heavy atom. The molecule has 2 N–H and O–H groups in total. The molecule has 1 amide bonds. The third kappa shape index (κ3) is 4.61. The van der Waals surface area contributed by atoms with Gasteiger partial charge in [-0.25, -0.2) is 9.97 Å². The van der Waals surface area contributed by atoms with Crippen LogP contribution in [0.5, 0.6) is 0 Å². The van der Waals surface area contributed by atoms with Crippen molar-refractivity contribution in [3.63, 3.8) is 0 Å². The van der Waals surface area contributed by atoms with Crippen LogP contribution in [0.15, 0.2) is 68.9 Å². The van der Waals surface area contributed by atoms with Crippen molar-refractivity contribution in [2.24, 2.45) is 0 Å². The summed E-state index contributed by atoms with van der Waals surface area (Å²) < 4.78 is 2.02. The Morgan fingerprint density at radius 3 is 2.81 bits per heavy atom. The van der Waals surface area contributed by atoms with Crippen LogP contribution in [0.25, 0.3) is 22.3 Å². The number of nitrogens with zero attached hydrogens (tertiary/aromatic N) is 3. The minimum Gasteiger partial charge on any atom is -0.325 e. The van der Waals surface area contributed by atoms with E-state index in [2.05, 4.69) is 36.2 Å². The van der Waals surface area contributed by atoms with E-state index in [-0.39, 0.29) is 23.6 Å². The number of hydrogen-bond donors (Lipinski definition) is 2. The molecular formula is C22H18BrN5O3. The highest BCUT2D eigenvalue weighted by molar-refractivity contribution is 9.10. The molecule has 0 aliphatic rings. The first-order chi connectivity index (χ1) is 14.9. The van der Waals surface area contributed by atoms with Crippen molar-refractivity contribution in [2.75, 3.05) is 5.32 Å². The number of anilines is 1. The van der Waals surface area contributed by atoms with E-state index in [1.165, 1.54) is 17.0 Å². The van der Waals surface area contributed by atoms with E-state index >= 15 is 0 Å². The summed E-state index contributed by atoms with van der Waals surface area (Å²) in [6.07, 6.45) is 2.00. The second-order valence-corrected chi connectivity index (χ2v) is 7.82. The molecular weight excluding hydrogens is 462 g/mol. The van der Waals surface area contributed by atoms with Crippen LogP contribution in [-0.2, 0) is 17.8 Å². The molecule has 0 fully saturated rings. The van der Waals surface area contributed by atoms with Gasteiger partial charge in [0.25, 0.3) is 11.1 Å². The number of hydrogen-bond acceptors (Lipinski definition) is 5. The maximum atomic E-state index is 12.7. The van der Waals surface area contributed by atoms with Gasteiger partial charge in [-0.15, -0.1) is 0 Å². The average molecular weight is 480 g/mol. The molecule has 0 unspecified atom stereocenters. The first-order valence-corrected chi connectivity index (χ1v) is 10.4. The second-order valence-electron chi connectivity index (χ2n) is 6.91. The number of aromatic nitrogens is 4. The number of nitrogens with one attached hydrogen (secondary N) is 2. The van der Waals surface area contributed by atoms with Gasteiger partial charge >= 0.3 is 0 Å². The van der Waals surface area contributed by atoms with Crippen molar-refractivity contribution < 1.29 is 4.79 Å². The Kier molecular flexibility index (Phi) is 5.77. The molecule has 0 saturated heterocycles. The molecule has 2 heterocycles. The smallest absolute Gasteiger partial charge is 0.261 e. The van der Waals surface area contributed by atoms with Crippen molar-refractivity contribution in [2.45, 2.75) is 19.9 Å². The molecule has 2 aromatic heterocycles. The number of H-pyrrole nitrogens is 1. The number of benzene rings is 2. The van der Waals surface area contributed by atoms with Gasteiger partial charge in [0.2, 0.25) is 5.91 Å². The number of halogens is 1. The maximum absolute atomic E-state index is 12.7. The number of amides is 1. The monoisotopic (exact) mass is 479 g/mol. The lowest BCUT2D eigenvalue weighted by Crippen LogP contribution is -2.27. The van der Waals surface area contributed by atoms with E-state index in [9.17, 15) is 14.4 Å². The Hall–Kier alpha value is -3.59. The van der Waals surface area contributed by atoms with E-state index in [0.717, 1.165) is 4.47 Å². The van der Waals surface area contributed by atoms with Crippen LogP contribution in [0.4, 0.5) is 5.69 Å². The fraction of sp³-hybridized carbons (Fsp3) is 0.136. The summed E-state index contributed by atoms with van der Waals surface area (Å²) in [5.74, 6) is 0.0557. The number of fused-ring (bicyclic) bond motifs is 1. The summed E-state index contributed by atoms with van der Waals surface area (Å²) in [6, 6.07) is 13.7. The van der Waals surface area contributed by atoms with Gasteiger partial charge in [-0.3, -0.25) is 19.0 Å². The number of rotatable bonds is 5. The quantitative estimate of drug-likeness (QED) is 0.456. The average Bonchev–Trinajstić information content (AvgIpc) is 2.76. The van der Waals surface area contributed by atoms with Gasteiger partial charge < -0.3 is 10.3 Å². The van der Waals surface area contributed by atoms with Crippen LogP contribution in [0.1, 0.15) is 12.6 Å². The van der Waals surface area contributed by atoms with Crippen molar-refractivity contribution >= 4 is 38.4 Å². The third-order valence-electron chi connectivity index (χ3n) is 4.68. The molecule has 4 rings (SSSR count). The van der Waals surface area contributed by atoms with E-state index in [1.807, 2.05) is 6.92 Å². The highest BCUT2D eigenvalue weighted by Gasteiger charge is 2.10. The zero-order chi connectivity index (χ0) is 22.0. The molecule has 2 aromatic carbocycles. The highest BCUT2D eigenvalue weighted by atomic mass is 79.9. The van der Waals surface area contributed by atoms with Crippen molar-refractivity contribution in [3.05, 3.63) is 85.7 Å². The molecule has 0 aliphatic heterocycles. The van der Waals surface area contributed by atoms with Crippen LogP contribution in [0.3, 0.4) is 0 Å². The molecule has 0 bridgehead atoms. The molecule has 4 aromatic rings. The van der Waals surface area contributed by atoms with E-state index in [1.54, 1.807) is 42.5 Å². The molecule has 156 valence electrons. The van der Waals surface area contributed by atoms with Gasteiger partial charge in [0.15, 0.2) is 0 Å². The Bertz CT molecular complexity index is 1410. The van der Waals surface area contributed by atoms with Crippen molar-refractivity contribution in [1.82, 2.24) is 19.5 Å². The van der Waals surface area contributed by atoms with Crippen LogP contribution in [-0.4, -0.2) is 25.4 Å². The standard InChI is InChI=1S/C22H18BrN5O3/c1-2-15-10-19(29)27-21(26-15)13-4-3-5-16(8-13)25-20(30)11-28-12-24-18-7-6-14(23)9-17(18)22(28)31/h3-10,12H,2,11H2,1H3,(H,25,30)(H,26,27,29). The van der Waals surface area contributed by atoms with Gasteiger partial charge in [0.1, 0.15) is 12.4 Å². The molecule has 0 aliphatic carbocycles. The first kappa shape index (κ1) is 20.7. The Balaban J connectivity index is 1.56. The lowest BCUT2D eigenvalue weighted by atomic mass is 10.1. The molecule has 0 spiro atoms. The van der Waals surface area contributed by atoms with E-state index in [0.29, 0.717) is 40.1 Å². The lowest BCUT2D eigenvalue weighted by Gasteiger charge is -2.10. The van der Waals surface area contributed by atoms with Gasteiger partial charge in [-0.2, -0.15) is 0 Å². The van der Waals surface area contributed by atoms with Gasteiger partial charge in [0.05, 0.1) is 17.2 Å². The topological polar surface area (TPSA) is 110 Å². The van der Waals surface area contributed by atoms with Crippen molar-refractivity contribution in [1.29, 1.82) is 0 Å². The summed E-state index contributed by atoms with van der Waals surface area (Å²) in [5, 5.41) is 3.20. The predicted octanol–water partition coefficient (Wildman–Crippen LogP) is 3.11. The number of aryl methyl sites for hydroxylation is 1. The zero-order valence-electron chi connectivity index (χ0n) is 16.6. The SMILES string of the molecule is CCc1cc(=O)[nH]c(-c2cccc(NC(=O)Cn3cnc4ccc(Br)cc4c3=O)c2)n1. The number of carbonyl (C=O) groups excluding carboxylic acids is 1. The van der Waals surface area contributed by atoms with E-state index < -0.39 is 0 Å². The van der Waals surface area contributed by atoms with Gasteiger partial charge in [-0.1, -0.05) is 35.0 Å². The molecule has 0 radical (unpaired) electrons. The first-order valence-electron chi connectivity index (χ1n) is 9.58. The molecule has 8 nitrogen and oxygen atoms in total. The minimum atomic E-state index is -0.376. The predicted molar refractivity (Wildman–Crippen MR) is 122 cm³/mol. The second kappa shape index (κ2) is 8.65. The summed E-state index contributed by atoms with van der Waals surface area (Å²) in [6.45, 7) is 1.74. The zero-order valence-corrected chi connectivity index (χ0v) is 18.1. The van der Waals surface area contributed by atoms with Gasteiger partial charge in [0, 0.05) is 27.5 Å². The molecule has 9 heteroatoms. The third-order valence-corrected chi connectivity index (χ3v) is 5.17. The summed E-state index contributed by atoms with van der Waals surface area (Å²) in [5.41, 5.74) is 1.91. The largest absolute Gasteiger partial charge is 0.325 e. The summed E-state index contributed by atoms with van der Waals surface area (Å²) >= 11 is 3.34. The minimum absolute atomic E-state index is 0.182. The number of aromatic amines is 1. The fourth-order valence-electron chi connectivity index (χ4n) is 3.17. The molecule has 0 saturated carbocycles. The Morgan fingerprint density at radius 2 is 2.00 bits per heavy atom. The summed E-state index contributed by atoms with van der Waals surface area (Å²) in [4.78, 5) is 48.5. The normalized spacial score (nSPS) is 10.9. The van der Waals surface area contributed by atoms with Crippen LogP contribution < -0.4 is 16.4 Å². The van der Waals surface area contributed by atoms with Crippen LogP contribution in [0, 0.1) is 0 Å². The lowest BCUT2D eigenvalue weighted by molar-refractivity contribution is -0.116. The van der Waals surface area contributed by atoms with Crippen LogP contribution >= 0.6 is 15.9 Å². The summed E-state index contributed by atoms with van der Waals surface area (Å²) in [7, 11) is 0. The maximum Gasteiger partial charge on any atom is 0.261 e. The Labute approximate surface area is 185 Å². The van der Waals surface area contributed by atoms with E-state index in [4.69, 9.17) is 0 Å². The number of carbonyl (C=O) groups is 1.